The Morgan fingerprint density at radius 1 is 0.935 bits per heavy atom. The van der Waals surface area contributed by atoms with Crippen molar-refractivity contribution in [1.29, 1.82) is 0 Å². The van der Waals surface area contributed by atoms with E-state index in [4.69, 9.17) is 4.74 Å². The third kappa shape index (κ3) is 5.51. The van der Waals surface area contributed by atoms with Gasteiger partial charge < -0.3 is 10.1 Å². The van der Waals surface area contributed by atoms with E-state index in [1.54, 1.807) is 18.2 Å². The lowest BCUT2D eigenvalue weighted by molar-refractivity contribution is -0.116. The molecule has 0 bridgehead atoms. The molecule has 0 saturated carbocycles. The highest BCUT2D eigenvalue weighted by atomic mass is 32.2. The topological polar surface area (TPSA) is 75.7 Å². The monoisotopic (exact) mass is 438 g/mol. The summed E-state index contributed by atoms with van der Waals surface area (Å²) in [6.07, 6.45) is 0. The second kappa shape index (κ2) is 9.76. The third-order valence-electron chi connectivity index (χ3n) is 5.10. The number of sulfonamides is 1. The van der Waals surface area contributed by atoms with Crippen molar-refractivity contribution >= 4 is 21.6 Å². The van der Waals surface area contributed by atoms with Crippen molar-refractivity contribution < 1.29 is 17.9 Å². The number of benzene rings is 3. The molecular weight excluding hydrogens is 412 g/mol. The molecule has 3 aromatic carbocycles. The molecule has 0 unspecified atom stereocenters. The number of carbonyl (C=O) groups excluding carboxylic acids is 1. The van der Waals surface area contributed by atoms with Crippen molar-refractivity contribution in [1.82, 2.24) is 4.31 Å². The zero-order valence-electron chi connectivity index (χ0n) is 17.8. The summed E-state index contributed by atoms with van der Waals surface area (Å²) in [6.45, 7) is 3.65. The average Bonchev–Trinajstić information content (AvgIpc) is 2.77. The summed E-state index contributed by atoms with van der Waals surface area (Å²) in [5.41, 5.74) is 3.46. The second-order valence-electron chi connectivity index (χ2n) is 7.23. The fourth-order valence-corrected chi connectivity index (χ4v) is 4.53. The first kappa shape index (κ1) is 22.5. The smallest absolute Gasteiger partial charge is 0.243 e. The number of hydrogen-bond donors (Lipinski definition) is 1. The Hall–Kier alpha value is -3.16. The van der Waals surface area contributed by atoms with Crippen LogP contribution in [-0.2, 0) is 21.4 Å². The third-order valence-corrected chi connectivity index (χ3v) is 6.90. The van der Waals surface area contributed by atoms with Gasteiger partial charge in [-0.1, -0.05) is 42.5 Å². The Labute approximate surface area is 183 Å². The van der Waals surface area contributed by atoms with Crippen molar-refractivity contribution in [3.63, 3.8) is 0 Å². The average molecular weight is 439 g/mol. The van der Waals surface area contributed by atoms with Gasteiger partial charge in [-0.05, 0) is 60.9 Å². The molecule has 0 saturated heterocycles. The summed E-state index contributed by atoms with van der Waals surface area (Å²) in [5, 5.41) is 2.84. The van der Waals surface area contributed by atoms with E-state index in [0.29, 0.717) is 11.4 Å². The number of amides is 1. The normalized spacial score (nSPS) is 11.4. The molecule has 0 aromatic heterocycles. The van der Waals surface area contributed by atoms with Gasteiger partial charge in [-0.2, -0.15) is 4.31 Å². The molecule has 6 nitrogen and oxygen atoms in total. The Balaban J connectivity index is 1.88. The summed E-state index contributed by atoms with van der Waals surface area (Å²) >= 11 is 0. The molecule has 0 fully saturated rings. The van der Waals surface area contributed by atoms with E-state index in [9.17, 15) is 13.2 Å². The van der Waals surface area contributed by atoms with E-state index in [1.807, 2.05) is 56.3 Å². The van der Waals surface area contributed by atoms with Crippen LogP contribution in [0.3, 0.4) is 0 Å². The highest BCUT2D eigenvalue weighted by Crippen LogP contribution is 2.22. The number of nitrogens with zero attached hydrogens (tertiary/aromatic N) is 1. The molecule has 3 rings (SSSR count). The maximum absolute atomic E-state index is 13.4. The van der Waals surface area contributed by atoms with Crippen LogP contribution in [0, 0.1) is 13.8 Å². The minimum Gasteiger partial charge on any atom is -0.497 e. The zero-order valence-corrected chi connectivity index (χ0v) is 18.6. The van der Waals surface area contributed by atoms with E-state index in [1.165, 1.54) is 23.5 Å². The maximum atomic E-state index is 13.4. The predicted octanol–water partition coefficient (Wildman–Crippen LogP) is 4.14. The van der Waals surface area contributed by atoms with Crippen LogP contribution >= 0.6 is 0 Å². The van der Waals surface area contributed by atoms with Crippen LogP contribution < -0.4 is 10.1 Å². The quantitative estimate of drug-likeness (QED) is 0.574. The van der Waals surface area contributed by atoms with Gasteiger partial charge >= 0.3 is 0 Å². The molecule has 3 aromatic rings. The van der Waals surface area contributed by atoms with Crippen LogP contribution in [-0.4, -0.2) is 32.3 Å². The number of carbonyl (C=O) groups is 1. The highest BCUT2D eigenvalue weighted by Gasteiger charge is 2.27. The molecule has 1 amide bonds. The van der Waals surface area contributed by atoms with Crippen LogP contribution in [0.15, 0.2) is 77.7 Å². The lowest BCUT2D eigenvalue weighted by Crippen LogP contribution is -2.37. The molecule has 1 N–H and O–H groups in total. The first-order valence-corrected chi connectivity index (χ1v) is 11.3. The van der Waals surface area contributed by atoms with Gasteiger partial charge in [-0.15, -0.1) is 0 Å². The molecule has 0 aliphatic rings. The van der Waals surface area contributed by atoms with E-state index in [2.05, 4.69) is 5.32 Å². The largest absolute Gasteiger partial charge is 0.497 e. The van der Waals surface area contributed by atoms with Crippen LogP contribution in [0.5, 0.6) is 5.75 Å². The van der Waals surface area contributed by atoms with E-state index >= 15 is 0 Å². The first-order valence-electron chi connectivity index (χ1n) is 9.85. The summed E-state index contributed by atoms with van der Waals surface area (Å²) in [5.74, 6) is 0.156. The van der Waals surface area contributed by atoms with Crippen LogP contribution in [0.1, 0.15) is 16.7 Å². The second-order valence-corrected chi connectivity index (χ2v) is 9.17. The van der Waals surface area contributed by atoms with Crippen molar-refractivity contribution in [2.45, 2.75) is 25.3 Å². The summed E-state index contributed by atoms with van der Waals surface area (Å²) in [4.78, 5) is 12.9. The number of aryl methyl sites for hydroxylation is 1. The van der Waals surface area contributed by atoms with Gasteiger partial charge in [-0.25, -0.2) is 8.42 Å². The lowest BCUT2D eigenvalue weighted by atomic mass is 10.1. The predicted molar refractivity (Wildman–Crippen MR) is 122 cm³/mol. The van der Waals surface area contributed by atoms with Gasteiger partial charge in [0.1, 0.15) is 5.75 Å². The van der Waals surface area contributed by atoms with Gasteiger partial charge in [0.2, 0.25) is 15.9 Å². The Kier molecular flexibility index (Phi) is 7.09. The molecule has 0 aliphatic carbocycles. The minimum atomic E-state index is -3.91. The molecule has 162 valence electrons. The van der Waals surface area contributed by atoms with Crippen molar-refractivity contribution in [2.75, 3.05) is 19.0 Å². The number of ether oxygens (including phenoxy) is 1. The molecule has 0 radical (unpaired) electrons. The molecule has 0 aliphatic heterocycles. The van der Waals surface area contributed by atoms with Crippen molar-refractivity contribution in [2.24, 2.45) is 0 Å². The van der Waals surface area contributed by atoms with Gasteiger partial charge in [0.25, 0.3) is 0 Å². The zero-order chi connectivity index (χ0) is 22.4. The Bertz CT molecular complexity index is 1140. The molecule has 0 spiro atoms. The SMILES string of the molecule is COc1ccc(S(=O)(=O)N(CC(=O)Nc2cccc(C)c2C)Cc2ccccc2)cc1. The van der Waals surface area contributed by atoms with E-state index in [0.717, 1.165) is 16.7 Å². The van der Waals surface area contributed by atoms with Crippen molar-refractivity contribution in [3.8, 4) is 5.75 Å². The number of anilines is 1. The first-order chi connectivity index (χ1) is 14.8. The molecule has 0 heterocycles. The van der Waals surface area contributed by atoms with Crippen LogP contribution in [0.4, 0.5) is 5.69 Å². The minimum absolute atomic E-state index is 0.0788. The molecule has 7 heteroatoms. The fourth-order valence-electron chi connectivity index (χ4n) is 3.15. The van der Waals surface area contributed by atoms with Gasteiger partial charge in [0.05, 0.1) is 18.6 Å². The molecular formula is C24H26N2O4S. The van der Waals surface area contributed by atoms with Gasteiger partial charge in [0.15, 0.2) is 0 Å². The maximum Gasteiger partial charge on any atom is 0.243 e. The lowest BCUT2D eigenvalue weighted by Gasteiger charge is -2.22. The highest BCUT2D eigenvalue weighted by molar-refractivity contribution is 7.89. The van der Waals surface area contributed by atoms with E-state index < -0.39 is 15.9 Å². The number of nitrogens with one attached hydrogen (secondary N) is 1. The van der Waals surface area contributed by atoms with E-state index in [-0.39, 0.29) is 18.0 Å². The van der Waals surface area contributed by atoms with Gasteiger partial charge in [0, 0.05) is 12.2 Å². The Morgan fingerprint density at radius 3 is 2.26 bits per heavy atom. The van der Waals surface area contributed by atoms with Crippen LogP contribution in [0.2, 0.25) is 0 Å². The standard InChI is InChI=1S/C24H26N2O4S/c1-18-8-7-11-23(19(18)2)25-24(27)17-26(16-20-9-5-4-6-10-20)31(28,29)22-14-12-21(30-3)13-15-22/h4-15H,16-17H2,1-3H3,(H,25,27). The fraction of sp³-hybridized carbons (Fsp3) is 0.208. The number of methoxy groups -OCH3 is 1. The Morgan fingerprint density at radius 2 is 1.61 bits per heavy atom. The molecule has 0 atom stereocenters. The number of hydrogen-bond acceptors (Lipinski definition) is 4. The van der Waals surface area contributed by atoms with Crippen LogP contribution in [0.25, 0.3) is 0 Å². The van der Waals surface area contributed by atoms with Gasteiger partial charge in [-0.3, -0.25) is 4.79 Å². The summed E-state index contributed by atoms with van der Waals surface area (Å²) < 4.78 is 33.0. The summed E-state index contributed by atoms with van der Waals surface area (Å²) in [6, 6.07) is 21.0. The number of rotatable bonds is 8. The summed E-state index contributed by atoms with van der Waals surface area (Å²) in [7, 11) is -2.40. The van der Waals surface area contributed by atoms with Crippen molar-refractivity contribution in [3.05, 3.63) is 89.5 Å². The molecule has 31 heavy (non-hydrogen) atoms.